The van der Waals surface area contributed by atoms with Crippen molar-refractivity contribution in [3.63, 3.8) is 0 Å². The molecule has 0 N–H and O–H groups in total. The number of hydrogen-bond acceptors (Lipinski definition) is 4. The van der Waals surface area contributed by atoms with Crippen LogP contribution in [0.1, 0.15) is 19.8 Å². The molecule has 1 fully saturated rings. The van der Waals surface area contributed by atoms with Gasteiger partial charge >= 0.3 is 0 Å². The zero-order chi connectivity index (χ0) is 10.6. The van der Waals surface area contributed by atoms with Gasteiger partial charge in [-0.05, 0) is 6.42 Å². The lowest BCUT2D eigenvalue weighted by molar-refractivity contribution is -0.120. The molecule has 4 nitrogen and oxygen atoms in total. The van der Waals surface area contributed by atoms with Crippen molar-refractivity contribution in [2.45, 2.75) is 19.8 Å². The first-order valence-electron chi connectivity index (χ1n) is 4.98. The van der Waals surface area contributed by atoms with Crippen LogP contribution < -0.4 is 0 Å². The van der Waals surface area contributed by atoms with Gasteiger partial charge < -0.3 is 0 Å². The molecule has 1 heterocycles. The molecule has 0 radical (unpaired) electrons. The maximum Gasteiger partial charge on any atom is 0.152 e. The van der Waals surface area contributed by atoms with Gasteiger partial charge in [-0.15, -0.1) is 0 Å². The van der Waals surface area contributed by atoms with Crippen molar-refractivity contribution in [1.29, 1.82) is 0 Å². The van der Waals surface area contributed by atoms with Gasteiger partial charge in [0.25, 0.3) is 0 Å². The minimum Gasteiger partial charge on any atom is -0.298 e. The molecular weight excluding hydrogens is 202 g/mol. The first-order chi connectivity index (χ1) is 6.53. The van der Waals surface area contributed by atoms with E-state index in [2.05, 4.69) is 0 Å². The number of hydrogen-bond donors (Lipinski definition) is 0. The fraction of sp³-hybridized carbons (Fsp3) is 0.889. The zero-order valence-corrected chi connectivity index (χ0v) is 9.35. The van der Waals surface area contributed by atoms with Gasteiger partial charge in [-0.2, -0.15) is 0 Å². The summed E-state index contributed by atoms with van der Waals surface area (Å²) in [6, 6.07) is 0. The number of rotatable bonds is 4. The average Bonchev–Trinajstić information content (AvgIpc) is 2.09. The van der Waals surface area contributed by atoms with Crippen molar-refractivity contribution in [1.82, 2.24) is 4.90 Å². The molecule has 0 spiro atoms. The third-order valence-electron chi connectivity index (χ3n) is 2.37. The highest BCUT2D eigenvalue weighted by Crippen LogP contribution is 2.04. The topological polar surface area (TPSA) is 54.5 Å². The molecule has 0 aromatic rings. The van der Waals surface area contributed by atoms with Crippen molar-refractivity contribution in [2.75, 3.05) is 31.1 Å². The summed E-state index contributed by atoms with van der Waals surface area (Å²) in [4.78, 5) is 13.2. The Kier molecular flexibility index (Phi) is 4.07. The van der Waals surface area contributed by atoms with Crippen LogP contribution in [0.4, 0.5) is 0 Å². The predicted octanol–water partition coefficient (Wildman–Crippen LogP) is 0.0860. The fourth-order valence-corrected chi connectivity index (χ4v) is 2.79. The van der Waals surface area contributed by atoms with Crippen LogP contribution in [0.5, 0.6) is 0 Å². The van der Waals surface area contributed by atoms with E-state index in [0.29, 0.717) is 26.1 Å². The van der Waals surface area contributed by atoms with E-state index < -0.39 is 9.84 Å². The van der Waals surface area contributed by atoms with E-state index >= 15 is 0 Å². The summed E-state index contributed by atoms with van der Waals surface area (Å²) in [6.45, 7) is 3.41. The Morgan fingerprint density at radius 2 is 1.86 bits per heavy atom. The molecule has 1 saturated heterocycles. The number of carbonyl (C=O) groups is 1. The summed E-state index contributed by atoms with van der Waals surface area (Å²) in [5, 5.41) is 0. The maximum atomic E-state index is 11.3. The van der Waals surface area contributed by atoms with Gasteiger partial charge in [0, 0.05) is 19.5 Å². The molecular formula is C9H17NO3S. The lowest BCUT2D eigenvalue weighted by Crippen LogP contribution is -2.42. The normalized spacial score (nSPS) is 22.1. The standard InChI is InChI=1S/C9H17NO3S/c1-2-3-9(11)8-10-4-6-14(12,13)7-5-10/h2-8H2,1H3. The monoisotopic (exact) mass is 219 g/mol. The summed E-state index contributed by atoms with van der Waals surface area (Å²) in [5.41, 5.74) is 0. The summed E-state index contributed by atoms with van der Waals surface area (Å²) in [5.74, 6) is 0.616. The Bertz CT molecular complexity index is 283. The quantitative estimate of drug-likeness (QED) is 0.672. The van der Waals surface area contributed by atoms with Crippen LogP contribution in [0.25, 0.3) is 0 Å². The molecule has 0 aromatic carbocycles. The predicted molar refractivity (Wildman–Crippen MR) is 55.0 cm³/mol. The first kappa shape index (κ1) is 11.7. The highest BCUT2D eigenvalue weighted by atomic mass is 32.2. The van der Waals surface area contributed by atoms with E-state index in [1.165, 1.54) is 0 Å². The van der Waals surface area contributed by atoms with E-state index in [1.54, 1.807) is 0 Å². The van der Waals surface area contributed by atoms with E-state index in [-0.39, 0.29) is 17.3 Å². The molecule has 0 saturated carbocycles. The summed E-state index contributed by atoms with van der Waals surface area (Å²) in [7, 11) is -2.82. The second kappa shape index (κ2) is 4.89. The minimum atomic E-state index is -2.82. The lowest BCUT2D eigenvalue weighted by Gasteiger charge is -2.25. The SMILES string of the molecule is CCCC(=O)CN1CCS(=O)(=O)CC1. The Morgan fingerprint density at radius 1 is 1.29 bits per heavy atom. The van der Waals surface area contributed by atoms with Gasteiger partial charge in [0.15, 0.2) is 9.84 Å². The molecule has 0 atom stereocenters. The Morgan fingerprint density at radius 3 is 2.36 bits per heavy atom. The molecule has 0 aromatic heterocycles. The number of Topliss-reactive ketones (excluding diaryl/α,β-unsaturated/α-hetero) is 1. The molecule has 5 heteroatoms. The highest BCUT2D eigenvalue weighted by Gasteiger charge is 2.22. The second-order valence-corrected chi connectivity index (χ2v) is 6.02. The fourth-order valence-electron chi connectivity index (χ4n) is 1.52. The van der Waals surface area contributed by atoms with Crippen LogP contribution in [0.2, 0.25) is 0 Å². The maximum absolute atomic E-state index is 11.3. The smallest absolute Gasteiger partial charge is 0.152 e. The lowest BCUT2D eigenvalue weighted by atomic mass is 10.2. The van der Waals surface area contributed by atoms with Crippen molar-refractivity contribution in [3.8, 4) is 0 Å². The van der Waals surface area contributed by atoms with Crippen molar-refractivity contribution in [3.05, 3.63) is 0 Å². The first-order valence-corrected chi connectivity index (χ1v) is 6.80. The summed E-state index contributed by atoms with van der Waals surface area (Å²) < 4.78 is 22.2. The molecule has 1 rings (SSSR count). The van der Waals surface area contributed by atoms with Crippen LogP contribution in [0.3, 0.4) is 0 Å². The van der Waals surface area contributed by atoms with Gasteiger partial charge in [0.05, 0.1) is 18.1 Å². The van der Waals surface area contributed by atoms with Crippen molar-refractivity contribution in [2.24, 2.45) is 0 Å². The number of carbonyl (C=O) groups excluding carboxylic acids is 1. The second-order valence-electron chi connectivity index (χ2n) is 3.72. The molecule has 0 bridgehead atoms. The van der Waals surface area contributed by atoms with Gasteiger partial charge in [-0.25, -0.2) is 8.42 Å². The van der Waals surface area contributed by atoms with Crippen LogP contribution in [-0.2, 0) is 14.6 Å². The zero-order valence-electron chi connectivity index (χ0n) is 8.53. The van der Waals surface area contributed by atoms with E-state index in [4.69, 9.17) is 0 Å². The molecule has 14 heavy (non-hydrogen) atoms. The molecule has 0 unspecified atom stereocenters. The van der Waals surface area contributed by atoms with Gasteiger partial charge in [-0.1, -0.05) is 6.92 Å². The summed E-state index contributed by atoms with van der Waals surface area (Å²) >= 11 is 0. The highest BCUT2D eigenvalue weighted by molar-refractivity contribution is 7.91. The molecule has 0 aliphatic carbocycles. The van der Waals surface area contributed by atoms with E-state index in [9.17, 15) is 13.2 Å². The number of sulfone groups is 1. The van der Waals surface area contributed by atoms with Crippen molar-refractivity contribution < 1.29 is 13.2 Å². The Balaban J connectivity index is 2.32. The van der Waals surface area contributed by atoms with Crippen LogP contribution in [0, 0.1) is 0 Å². The number of ketones is 1. The average molecular weight is 219 g/mol. The van der Waals surface area contributed by atoms with Gasteiger partial charge in [-0.3, -0.25) is 9.69 Å². The third kappa shape index (κ3) is 3.75. The Labute approximate surface area is 85.2 Å². The summed E-state index contributed by atoms with van der Waals surface area (Å²) in [6.07, 6.45) is 1.47. The van der Waals surface area contributed by atoms with Crippen LogP contribution >= 0.6 is 0 Å². The van der Waals surface area contributed by atoms with Gasteiger partial charge in [0.1, 0.15) is 5.78 Å². The minimum absolute atomic E-state index is 0.201. The molecule has 0 amide bonds. The van der Waals surface area contributed by atoms with Gasteiger partial charge in [0.2, 0.25) is 0 Å². The van der Waals surface area contributed by atoms with E-state index in [1.807, 2.05) is 11.8 Å². The number of nitrogens with zero attached hydrogens (tertiary/aromatic N) is 1. The third-order valence-corrected chi connectivity index (χ3v) is 3.98. The Hall–Kier alpha value is -0.420. The molecule has 1 aliphatic heterocycles. The molecule has 82 valence electrons. The van der Waals surface area contributed by atoms with E-state index in [0.717, 1.165) is 6.42 Å². The molecule has 1 aliphatic rings. The van der Waals surface area contributed by atoms with Crippen LogP contribution in [-0.4, -0.2) is 50.2 Å². The van der Waals surface area contributed by atoms with Crippen molar-refractivity contribution >= 4 is 15.6 Å². The van der Waals surface area contributed by atoms with Crippen LogP contribution in [0.15, 0.2) is 0 Å². The largest absolute Gasteiger partial charge is 0.298 e.